The predicted molar refractivity (Wildman–Crippen MR) is 57.3 cm³/mol. The summed E-state index contributed by atoms with van der Waals surface area (Å²) >= 11 is 0. The normalized spacial score (nSPS) is 11.7. The molecule has 1 aromatic carbocycles. The molecular formula is C10H8F3N3O. The van der Waals surface area contributed by atoms with Crippen LogP contribution in [0, 0.1) is 0 Å². The third-order valence-electron chi connectivity index (χ3n) is 2.16. The van der Waals surface area contributed by atoms with Crippen LogP contribution in [0.5, 0.6) is 5.75 Å². The highest BCUT2D eigenvalue weighted by molar-refractivity contribution is 5.98. The lowest BCUT2D eigenvalue weighted by molar-refractivity contribution is -0.274. The van der Waals surface area contributed by atoms with E-state index in [-0.39, 0.29) is 16.9 Å². The van der Waals surface area contributed by atoms with Gasteiger partial charge in [0.15, 0.2) is 5.75 Å². The van der Waals surface area contributed by atoms with E-state index in [9.17, 15) is 13.2 Å². The average Bonchev–Trinajstić information content (AvgIpc) is 2.22. The van der Waals surface area contributed by atoms with Gasteiger partial charge >= 0.3 is 6.36 Å². The molecule has 0 spiro atoms. The Kier molecular flexibility index (Phi) is 2.45. The molecule has 2 aromatic rings. The van der Waals surface area contributed by atoms with Gasteiger partial charge in [-0.1, -0.05) is 12.1 Å². The minimum atomic E-state index is -4.77. The minimum absolute atomic E-state index is 0.0246. The van der Waals surface area contributed by atoms with E-state index in [2.05, 4.69) is 9.72 Å². The second-order valence-corrected chi connectivity index (χ2v) is 3.33. The minimum Gasteiger partial charge on any atom is -0.403 e. The molecule has 0 aliphatic rings. The number of nitrogen functional groups attached to an aromatic ring is 2. The van der Waals surface area contributed by atoms with Crippen LogP contribution in [0.4, 0.5) is 24.5 Å². The first kappa shape index (κ1) is 11.3. The number of hydrogen-bond donors (Lipinski definition) is 2. The largest absolute Gasteiger partial charge is 0.573 e. The zero-order chi connectivity index (χ0) is 12.6. The monoisotopic (exact) mass is 243 g/mol. The van der Waals surface area contributed by atoms with E-state index < -0.39 is 12.1 Å². The smallest absolute Gasteiger partial charge is 0.403 e. The predicted octanol–water partition coefficient (Wildman–Crippen LogP) is 2.30. The van der Waals surface area contributed by atoms with Gasteiger partial charge in [-0.3, -0.25) is 4.98 Å². The summed E-state index contributed by atoms with van der Waals surface area (Å²) in [5.74, 6) is -0.401. The third kappa shape index (κ3) is 2.17. The van der Waals surface area contributed by atoms with E-state index >= 15 is 0 Å². The topological polar surface area (TPSA) is 74.2 Å². The van der Waals surface area contributed by atoms with Crippen LogP contribution in [0.15, 0.2) is 24.4 Å². The Morgan fingerprint density at radius 2 is 1.88 bits per heavy atom. The number of nitrogens with two attached hydrogens (primary N) is 2. The van der Waals surface area contributed by atoms with Crippen molar-refractivity contribution < 1.29 is 17.9 Å². The fourth-order valence-electron chi connectivity index (χ4n) is 1.44. The van der Waals surface area contributed by atoms with Gasteiger partial charge in [0.1, 0.15) is 5.52 Å². The summed E-state index contributed by atoms with van der Waals surface area (Å²) in [6.45, 7) is 0. The maximum absolute atomic E-state index is 12.1. The number of ether oxygens (including phenoxy) is 1. The summed E-state index contributed by atoms with van der Waals surface area (Å²) in [6, 6.07) is 4.08. The van der Waals surface area contributed by atoms with Crippen molar-refractivity contribution >= 4 is 22.3 Å². The van der Waals surface area contributed by atoms with E-state index in [1.165, 1.54) is 24.4 Å². The van der Waals surface area contributed by atoms with Crippen molar-refractivity contribution in [2.24, 2.45) is 0 Å². The third-order valence-corrected chi connectivity index (χ3v) is 2.16. The van der Waals surface area contributed by atoms with Crippen molar-refractivity contribution in [2.45, 2.75) is 6.36 Å². The Balaban J connectivity index is 2.63. The maximum Gasteiger partial charge on any atom is 0.573 e. The highest BCUT2D eigenvalue weighted by Crippen LogP contribution is 2.33. The number of rotatable bonds is 1. The second kappa shape index (κ2) is 3.69. The van der Waals surface area contributed by atoms with Gasteiger partial charge in [-0.15, -0.1) is 13.2 Å². The molecule has 0 aliphatic carbocycles. The summed E-state index contributed by atoms with van der Waals surface area (Å²) in [5, 5.41) is 0.326. The number of aromatic nitrogens is 1. The lowest BCUT2D eigenvalue weighted by Gasteiger charge is -2.12. The van der Waals surface area contributed by atoms with E-state index in [1.807, 2.05) is 0 Å². The van der Waals surface area contributed by atoms with Gasteiger partial charge in [-0.2, -0.15) is 0 Å². The van der Waals surface area contributed by atoms with Crippen LogP contribution in [-0.4, -0.2) is 11.3 Å². The van der Waals surface area contributed by atoms with E-state index in [0.29, 0.717) is 5.39 Å². The molecule has 1 heterocycles. The molecule has 0 fully saturated rings. The van der Waals surface area contributed by atoms with Crippen LogP contribution in [0.3, 0.4) is 0 Å². The zero-order valence-corrected chi connectivity index (χ0v) is 8.45. The molecule has 4 nitrogen and oxygen atoms in total. The molecule has 90 valence electrons. The first-order valence-electron chi connectivity index (χ1n) is 4.57. The summed E-state index contributed by atoms with van der Waals surface area (Å²) in [4.78, 5) is 3.80. The molecular weight excluding hydrogens is 235 g/mol. The standard InChI is InChI=1S/C10H8F3N3O/c11-10(12,13)17-7-3-1-2-5-8(15)6(14)4-16-9(5)7/h1-4H,14H2,(H2,15,16). The highest BCUT2D eigenvalue weighted by Gasteiger charge is 2.32. The van der Waals surface area contributed by atoms with E-state index in [0.717, 1.165) is 0 Å². The van der Waals surface area contributed by atoms with Crippen LogP contribution >= 0.6 is 0 Å². The number of para-hydroxylation sites is 1. The second-order valence-electron chi connectivity index (χ2n) is 3.33. The fraction of sp³-hybridized carbons (Fsp3) is 0.100. The van der Waals surface area contributed by atoms with Crippen molar-refractivity contribution in [3.8, 4) is 5.75 Å². The zero-order valence-electron chi connectivity index (χ0n) is 8.45. The Morgan fingerprint density at radius 3 is 2.53 bits per heavy atom. The number of hydrogen-bond acceptors (Lipinski definition) is 4. The van der Waals surface area contributed by atoms with Gasteiger partial charge in [0, 0.05) is 5.39 Å². The molecule has 0 saturated carbocycles. The van der Waals surface area contributed by atoms with Gasteiger partial charge in [0.25, 0.3) is 0 Å². The molecule has 17 heavy (non-hydrogen) atoms. The molecule has 0 bridgehead atoms. The number of halogens is 3. The Bertz CT molecular complexity index is 568. The summed E-state index contributed by atoms with van der Waals surface area (Å²) < 4.78 is 40.3. The lowest BCUT2D eigenvalue weighted by Crippen LogP contribution is -2.17. The number of fused-ring (bicyclic) bond motifs is 1. The van der Waals surface area contributed by atoms with E-state index in [4.69, 9.17) is 11.5 Å². The van der Waals surface area contributed by atoms with Gasteiger partial charge in [0.05, 0.1) is 17.6 Å². The molecule has 0 saturated heterocycles. The number of nitrogens with zero attached hydrogens (tertiary/aromatic N) is 1. The molecule has 2 rings (SSSR count). The number of benzene rings is 1. The quantitative estimate of drug-likeness (QED) is 0.805. The molecule has 0 unspecified atom stereocenters. The van der Waals surface area contributed by atoms with Crippen LogP contribution < -0.4 is 16.2 Å². The molecule has 0 amide bonds. The number of anilines is 2. The van der Waals surface area contributed by atoms with Crippen molar-refractivity contribution in [3.63, 3.8) is 0 Å². The Morgan fingerprint density at radius 1 is 1.18 bits per heavy atom. The molecule has 0 aliphatic heterocycles. The first-order chi connectivity index (χ1) is 7.88. The SMILES string of the molecule is Nc1cnc2c(OC(F)(F)F)cccc2c1N. The van der Waals surface area contributed by atoms with Gasteiger partial charge < -0.3 is 16.2 Å². The Hall–Kier alpha value is -2.18. The lowest BCUT2D eigenvalue weighted by atomic mass is 10.1. The first-order valence-corrected chi connectivity index (χ1v) is 4.57. The molecule has 0 atom stereocenters. The molecule has 7 heteroatoms. The average molecular weight is 243 g/mol. The highest BCUT2D eigenvalue weighted by atomic mass is 19.4. The van der Waals surface area contributed by atoms with E-state index in [1.54, 1.807) is 0 Å². The maximum atomic E-state index is 12.1. The Labute approximate surface area is 94.0 Å². The van der Waals surface area contributed by atoms with Gasteiger partial charge in [-0.25, -0.2) is 0 Å². The van der Waals surface area contributed by atoms with Gasteiger partial charge in [-0.05, 0) is 6.07 Å². The summed E-state index contributed by atoms with van der Waals surface area (Å²) in [6.07, 6.45) is -3.58. The number of pyridine rings is 1. The van der Waals surface area contributed by atoms with Crippen LogP contribution in [0.25, 0.3) is 10.9 Å². The van der Waals surface area contributed by atoms with Crippen LogP contribution in [0.1, 0.15) is 0 Å². The van der Waals surface area contributed by atoms with Crippen molar-refractivity contribution in [1.82, 2.24) is 4.98 Å². The van der Waals surface area contributed by atoms with Crippen molar-refractivity contribution in [3.05, 3.63) is 24.4 Å². The molecule has 1 aromatic heterocycles. The summed E-state index contributed by atoms with van der Waals surface area (Å²) in [5.41, 5.74) is 11.6. The van der Waals surface area contributed by atoms with Crippen molar-refractivity contribution in [1.29, 1.82) is 0 Å². The number of alkyl halides is 3. The molecule has 4 N–H and O–H groups in total. The molecule has 0 radical (unpaired) electrons. The van der Waals surface area contributed by atoms with Gasteiger partial charge in [0.2, 0.25) is 0 Å². The summed E-state index contributed by atoms with van der Waals surface area (Å²) in [7, 11) is 0. The van der Waals surface area contributed by atoms with Crippen LogP contribution in [-0.2, 0) is 0 Å². The fourth-order valence-corrected chi connectivity index (χ4v) is 1.44. The van der Waals surface area contributed by atoms with Crippen LogP contribution in [0.2, 0.25) is 0 Å². The van der Waals surface area contributed by atoms with Crippen molar-refractivity contribution in [2.75, 3.05) is 11.5 Å².